The zero-order chi connectivity index (χ0) is 14.3. The summed E-state index contributed by atoms with van der Waals surface area (Å²) in [6.45, 7) is 3.60. The van der Waals surface area contributed by atoms with Gasteiger partial charge >= 0.3 is 0 Å². The molecule has 0 bridgehead atoms. The molecule has 0 saturated carbocycles. The number of pyridine rings is 1. The highest BCUT2D eigenvalue weighted by atomic mass is 35.5. The summed E-state index contributed by atoms with van der Waals surface area (Å²) >= 11 is 7.67. The zero-order valence-corrected chi connectivity index (χ0v) is 13.1. The van der Waals surface area contributed by atoms with Crippen molar-refractivity contribution in [3.63, 3.8) is 0 Å². The summed E-state index contributed by atoms with van der Waals surface area (Å²) in [5.41, 5.74) is 0.571. The Kier molecular flexibility index (Phi) is 7.02. The normalized spacial score (nSPS) is 10.3. The van der Waals surface area contributed by atoms with Crippen molar-refractivity contribution in [2.75, 3.05) is 37.5 Å². The van der Waals surface area contributed by atoms with Gasteiger partial charge < -0.3 is 10.2 Å². The molecule has 0 aliphatic heterocycles. The van der Waals surface area contributed by atoms with Crippen LogP contribution in [0.2, 0.25) is 5.15 Å². The number of carbonyl (C=O) groups excluding carboxylic acids is 1. The summed E-state index contributed by atoms with van der Waals surface area (Å²) < 4.78 is 0. The molecular weight excluding hydrogens is 282 g/mol. The lowest BCUT2D eigenvalue weighted by atomic mass is 10.2. The number of nitrogens with zero attached hydrogens (tertiary/aromatic N) is 2. The molecule has 0 saturated heterocycles. The molecular formula is C13H20ClN3OS. The molecule has 1 aromatic heterocycles. The van der Waals surface area contributed by atoms with Crippen LogP contribution in [0.25, 0.3) is 0 Å². The van der Waals surface area contributed by atoms with Crippen LogP contribution in [0.3, 0.4) is 0 Å². The van der Waals surface area contributed by atoms with Crippen LogP contribution in [-0.2, 0) is 0 Å². The van der Waals surface area contributed by atoms with Gasteiger partial charge in [-0.25, -0.2) is 4.98 Å². The van der Waals surface area contributed by atoms with Gasteiger partial charge in [-0.3, -0.25) is 4.79 Å². The molecule has 0 spiro atoms. The number of anilines is 1. The van der Waals surface area contributed by atoms with Crippen LogP contribution in [0, 0.1) is 0 Å². The van der Waals surface area contributed by atoms with Crippen molar-refractivity contribution in [2.24, 2.45) is 0 Å². The average molecular weight is 302 g/mol. The lowest BCUT2D eigenvalue weighted by molar-refractivity contribution is 0.0803. The Balaban J connectivity index is 2.81. The lowest BCUT2D eigenvalue weighted by Crippen LogP contribution is -2.29. The molecule has 0 radical (unpaired) electrons. The SMILES string of the molecule is CCCNc1cc(C(=O)N(C)CCSC)cc(Cl)n1. The van der Waals surface area contributed by atoms with E-state index in [4.69, 9.17) is 11.6 Å². The molecule has 4 nitrogen and oxygen atoms in total. The number of amides is 1. The van der Waals surface area contributed by atoms with Gasteiger partial charge in [-0.15, -0.1) is 0 Å². The predicted molar refractivity (Wildman–Crippen MR) is 83.4 cm³/mol. The van der Waals surface area contributed by atoms with Gasteiger partial charge in [0.2, 0.25) is 0 Å². The minimum Gasteiger partial charge on any atom is -0.370 e. The number of aromatic nitrogens is 1. The van der Waals surface area contributed by atoms with Crippen molar-refractivity contribution in [2.45, 2.75) is 13.3 Å². The lowest BCUT2D eigenvalue weighted by Gasteiger charge is -2.17. The second-order valence-electron chi connectivity index (χ2n) is 4.21. The summed E-state index contributed by atoms with van der Waals surface area (Å²) in [5, 5.41) is 3.48. The van der Waals surface area contributed by atoms with Crippen molar-refractivity contribution in [3.05, 3.63) is 22.8 Å². The second kappa shape index (κ2) is 8.27. The van der Waals surface area contributed by atoms with Crippen LogP contribution >= 0.6 is 23.4 Å². The monoisotopic (exact) mass is 301 g/mol. The molecule has 0 aliphatic rings. The first-order valence-electron chi connectivity index (χ1n) is 6.24. The topological polar surface area (TPSA) is 45.2 Å². The van der Waals surface area contributed by atoms with Gasteiger partial charge in [0, 0.05) is 31.5 Å². The Morgan fingerprint density at radius 3 is 2.89 bits per heavy atom. The zero-order valence-electron chi connectivity index (χ0n) is 11.6. The first-order valence-corrected chi connectivity index (χ1v) is 8.01. The first-order chi connectivity index (χ1) is 9.08. The van der Waals surface area contributed by atoms with Gasteiger partial charge in [0.1, 0.15) is 11.0 Å². The predicted octanol–water partition coefficient (Wildman–Crippen LogP) is 2.99. The van der Waals surface area contributed by atoms with Crippen molar-refractivity contribution in [3.8, 4) is 0 Å². The number of nitrogens with one attached hydrogen (secondary N) is 1. The molecule has 0 aliphatic carbocycles. The smallest absolute Gasteiger partial charge is 0.253 e. The molecule has 1 rings (SSSR count). The Labute approximate surface area is 123 Å². The summed E-state index contributed by atoms with van der Waals surface area (Å²) in [6.07, 6.45) is 3.01. The third-order valence-electron chi connectivity index (χ3n) is 2.57. The van der Waals surface area contributed by atoms with E-state index < -0.39 is 0 Å². The summed E-state index contributed by atoms with van der Waals surface area (Å²) in [6, 6.07) is 3.36. The molecule has 1 heterocycles. The standard InChI is InChI=1S/C13H20ClN3OS/c1-4-5-15-12-9-10(8-11(14)16-12)13(18)17(2)6-7-19-3/h8-9H,4-7H2,1-3H3,(H,15,16). The summed E-state index contributed by atoms with van der Waals surface area (Å²) in [4.78, 5) is 18.1. The van der Waals surface area contributed by atoms with Gasteiger partial charge in [0.15, 0.2) is 0 Å². The maximum atomic E-state index is 12.2. The molecule has 1 N–H and O–H groups in total. The highest BCUT2D eigenvalue weighted by Gasteiger charge is 2.13. The Bertz CT molecular complexity index is 428. The number of hydrogen-bond acceptors (Lipinski definition) is 4. The van der Waals surface area contributed by atoms with Gasteiger partial charge in [-0.2, -0.15) is 11.8 Å². The van der Waals surface area contributed by atoms with Crippen LogP contribution < -0.4 is 5.32 Å². The van der Waals surface area contributed by atoms with Gasteiger partial charge in [0.05, 0.1) is 0 Å². The van der Waals surface area contributed by atoms with Crippen molar-refractivity contribution < 1.29 is 4.79 Å². The van der Waals surface area contributed by atoms with E-state index in [-0.39, 0.29) is 5.91 Å². The summed E-state index contributed by atoms with van der Waals surface area (Å²) in [5.74, 6) is 1.54. The van der Waals surface area contributed by atoms with Crippen LogP contribution in [0.4, 0.5) is 5.82 Å². The number of halogens is 1. The van der Waals surface area contributed by atoms with E-state index in [0.29, 0.717) is 16.5 Å². The van der Waals surface area contributed by atoms with Crippen molar-refractivity contribution in [1.29, 1.82) is 0 Å². The largest absolute Gasteiger partial charge is 0.370 e. The first kappa shape index (κ1) is 16.1. The van der Waals surface area contributed by atoms with Crippen LogP contribution in [0.5, 0.6) is 0 Å². The fraction of sp³-hybridized carbons (Fsp3) is 0.538. The fourth-order valence-corrected chi connectivity index (χ4v) is 2.18. The second-order valence-corrected chi connectivity index (χ2v) is 5.58. The van der Waals surface area contributed by atoms with Crippen molar-refractivity contribution in [1.82, 2.24) is 9.88 Å². The highest BCUT2D eigenvalue weighted by molar-refractivity contribution is 7.98. The quantitative estimate of drug-likeness (QED) is 0.787. The molecule has 1 amide bonds. The Morgan fingerprint density at radius 2 is 2.26 bits per heavy atom. The maximum Gasteiger partial charge on any atom is 0.253 e. The number of rotatable bonds is 7. The molecule has 0 aromatic carbocycles. The van der Waals surface area contributed by atoms with E-state index in [2.05, 4.69) is 17.2 Å². The van der Waals surface area contributed by atoms with Crippen LogP contribution in [0.1, 0.15) is 23.7 Å². The highest BCUT2D eigenvalue weighted by Crippen LogP contribution is 2.16. The molecule has 19 heavy (non-hydrogen) atoms. The number of carbonyl (C=O) groups is 1. The minimum atomic E-state index is -0.0297. The average Bonchev–Trinajstić information content (AvgIpc) is 2.41. The van der Waals surface area contributed by atoms with E-state index >= 15 is 0 Å². The summed E-state index contributed by atoms with van der Waals surface area (Å²) in [7, 11) is 1.80. The number of hydrogen-bond donors (Lipinski definition) is 1. The Morgan fingerprint density at radius 1 is 1.53 bits per heavy atom. The van der Waals surface area contributed by atoms with Crippen LogP contribution in [-0.4, -0.2) is 47.9 Å². The maximum absolute atomic E-state index is 12.2. The minimum absolute atomic E-state index is 0.0297. The van der Waals surface area contributed by atoms with E-state index in [1.807, 2.05) is 6.26 Å². The van der Waals surface area contributed by atoms with Crippen LogP contribution in [0.15, 0.2) is 12.1 Å². The van der Waals surface area contributed by atoms with E-state index in [1.54, 1.807) is 35.8 Å². The van der Waals surface area contributed by atoms with Gasteiger partial charge in [-0.1, -0.05) is 18.5 Å². The van der Waals surface area contributed by atoms with Crippen molar-refractivity contribution >= 4 is 35.1 Å². The number of thioether (sulfide) groups is 1. The molecule has 0 fully saturated rings. The Hall–Kier alpha value is -0.940. The third-order valence-corrected chi connectivity index (χ3v) is 3.36. The van der Waals surface area contributed by atoms with E-state index in [0.717, 1.165) is 25.3 Å². The van der Waals surface area contributed by atoms with E-state index in [9.17, 15) is 4.79 Å². The molecule has 0 atom stereocenters. The molecule has 1 aromatic rings. The third kappa shape index (κ3) is 5.28. The van der Waals surface area contributed by atoms with Gasteiger partial charge in [-0.05, 0) is 24.8 Å². The fourth-order valence-electron chi connectivity index (χ4n) is 1.51. The molecule has 106 valence electrons. The molecule has 6 heteroatoms. The van der Waals surface area contributed by atoms with Gasteiger partial charge in [0.25, 0.3) is 5.91 Å². The van der Waals surface area contributed by atoms with E-state index in [1.165, 1.54) is 0 Å². The molecule has 0 unspecified atom stereocenters.